The maximum absolute atomic E-state index is 12.2. The van der Waals surface area contributed by atoms with Crippen molar-refractivity contribution in [2.24, 2.45) is 11.7 Å². The van der Waals surface area contributed by atoms with Crippen LogP contribution in [0, 0.1) is 19.8 Å². The van der Waals surface area contributed by atoms with E-state index in [9.17, 15) is 14.7 Å². The van der Waals surface area contributed by atoms with Crippen molar-refractivity contribution < 1.29 is 14.7 Å². The standard InChI is InChI=1S/C26H39N3O2S.C7H7NO.CH5N/c1-20(2)18-29(32-25-14-12-23(27)13-15-25)24(19-30)10-6-7-17-28-26(31)16-11-22-9-5-4-8-21(22)3;1-6-2-3-7(5-9)4-8-6;1-2/h4-5,8-9,12-15,20,24,30H,6-7,10-11,16-19,27H2,1-3H3,(H,28,31);2-5H,1H3;2H2,1H3. The van der Waals surface area contributed by atoms with Crippen LogP contribution in [0.2, 0.25) is 0 Å². The summed E-state index contributed by atoms with van der Waals surface area (Å²) in [5.74, 6) is 0.602. The van der Waals surface area contributed by atoms with Gasteiger partial charge >= 0.3 is 0 Å². The summed E-state index contributed by atoms with van der Waals surface area (Å²) in [5.41, 5.74) is 15.1. The molecule has 0 aliphatic rings. The van der Waals surface area contributed by atoms with Gasteiger partial charge in [-0.3, -0.25) is 14.6 Å². The molecule has 0 aliphatic carbocycles. The highest BCUT2D eigenvalue weighted by molar-refractivity contribution is 7.97. The number of anilines is 1. The molecule has 1 atom stereocenters. The summed E-state index contributed by atoms with van der Waals surface area (Å²) in [5, 5.41) is 13.1. The van der Waals surface area contributed by atoms with Gasteiger partial charge in [0.15, 0.2) is 6.29 Å². The highest BCUT2D eigenvalue weighted by atomic mass is 32.2. The summed E-state index contributed by atoms with van der Waals surface area (Å²) in [4.78, 5) is 27.3. The Morgan fingerprint density at radius 3 is 2.33 bits per heavy atom. The monoisotopic (exact) mass is 609 g/mol. The molecule has 0 aliphatic heterocycles. The lowest BCUT2D eigenvalue weighted by atomic mass is 10.0. The molecule has 0 saturated heterocycles. The minimum absolute atomic E-state index is 0.0803. The normalized spacial score (nSPS) is 11.2. The van der Waals surface area contributed by atoms with Crippen molar-refractivity contribution in [2.45, 2.75) is 70.7 Å². The Morgan fingerprint density at radius 2 is 1.74 bits per heavy atom. The number of amides is 1. The van der Waals surface area contributed by atoms with Crippen molar-refractivity contribution in [2.75, 3.05) is 32.5 Å². The number of rotatable bonds is 15. The Labute approximate surface area is 262 Å². The third-order valence-electron chi connectivity index (χ3n) is 6.51. The summed E-state index contributed by atoms with van der Waals surface area (Å²) in [7, 11) is 1.50. The van der Waals surface area contributed by atoms with Crippen LogP contribution >= 0.6 is 11.9 Å². The molecular formula is C34H51N5O3S. The Morgan fingerprint density at radius 1 is 1.05 bits per heavy atom. The summed E-state index contributed by atoms with van der Waals surface area (Å²) in [6.07, 6.45) is 6.40. The Hall–Kier alpha value is -3.24. The number of aliphatic hydroxyl groups excluding tert-OH is 1. The molecule has 0 saturated carbocycles. The third kappa shape index (κ3) is 16.3. The van der Waals surface area contributed by atoms with E-state index in [-0.39, 0.29) is 18.6 Å². The number of aromatic nitrogens is 1. The van der Waals surface area contributed by atoms with Crippen LogP contribution in [0.15, 0.2) is 71.8 Å². The predicted octanol–water partition coefficient (Wildman–Crippen LogP) is 5.60. The SMILES string of the molecule is CN.Cc1ccc(C=O)cn1.Cc1ccccc1CCC(=O)NCCCCC(CO)N(CC(C)C)Sc1ccc(N)cc1. The minimum atomic E-state index is 0.0803. The average molecular weight is 610 g/mol. The maximum atomic E-state index is 12.2. The number of nitrogen functional groups attached to an aromatic ring is 1. The quantitative estimate of drug-likeness (QED) is 0.0757. The van der Waals surface area contributed by atoms with E-state index in [1.165, 1.54) is 18.2 Å². The number of aryl methyl sites for hydroxylation is 3. The van der Waals surface area contributed by atoms with E-state index in [1.807, 2.05) is 49.4 Å². The molecule has 43 heavy (non-hydrogen) atoms. The number of benzene rings is 2. The van der Waals surface area contributed by atoms with Crippen LogP contribution in [0.5, 0.6) is 0 Å². The van der Waals surface area contributed by atoms with Crippen LogP contribution in [0.4, 0.5) is 5.69 Å². The van der Waals surface area contributed by atoms with Gasteiger partial charge in [0, 0.05) is 53.6 Å². The molecule has 6 N–H and O–H groups in total. The van der Waals surface area contributed by atoms with Crippen molar-refractivity contribution in [1.29, 1.82) is 0 Å². The number of hydrogen-bond donors (Lipinski definition) is 4. The first-order chi connectivity index (χ1) is 20.7. The van der Waals surface area contributed by atoms with Crippen LogP contribution in [0.25, 0.3) is 0 Å². The fourth-order valence-electron chi connectivity index (χ4n) is 4.12. The largest absolute Gasteiger partial charge is 0.399 e. The number of carbonyl (C=O) groups excluding carboxylic acids is 2. The first kappa shape index (κ1) is 37.8. The number of nitrogens with two attached hydrogens (primary N) is 2. The molecule has 8 nitrogen and oxygen atoms in total. The van der Waals surface area contributed by atoms with Crippen molar-refractivity contribution in [3.63, 3.8) is 0 Å². The van der Waals surface area contributed by atoms with E-state index < -0.39 is 0 Å². The molecule has 0 spiro atoms. The lowest BCUT2D eigenvalue weighted by molar-refractivity contribution is -0.121. The molecule has 1 unspecified atom stereocenters. The van der Waals surface area contributed by atoms with Crippen molar-refractivity contribution in [3.8, 4) is 0 Å². The number of unbranched alkanes of at least 4 members (excludes halogenated alkanes) is 1. The Kier molecular flexibility index (Phi) is 19.6. The zero-order valence-electron chi connectivity index (χ0n) is 26.5. The second-order valence-corrected chi connectivity index (χ2v) is 11.7. The predicted molar refractivity (Wildman–Crippen MR) is 180 cm³/mol. The molecule has 1 amide bonds. The van der Waals surface area contributed by atoms with Gasteiger partial charge in [-0.05, 0) is 106 Å². The fraction of sp³-hybridized carbons (Fsp3) is 0.441. The summed E-state index contributed by atoms with van der Waals surface area (Å²) < 4.78 is 2.29. The molecule has 0 radical (unpaired) electrons. The lowest BCUT2D eigenvalue weighted by Gasteiger charge is -2.31. The number of aldehydes is 1. The van der Waals surface area contributed by atoms with Crippen LogP contribution in [0.1, 0.15) is 66.7 Å². The summed E-state index contributed by atoms with van der Waals surface area (Å²) >= 11 is 1.68. The van der Waals surface area contributed by atoms with Crippen molar-refractivity contribution >= 4 is 29.8 Å². The first-order valence-electron chi connectivity index (χ1n) is 14.9. The fourth-order valence-corrected chi connectivity index (χ4v) is 5.34. The second-order valence-electron chi connectivity index (χ2n) is 10.6. The molecule has 2 aromatic carbocycles. The van der Waals surface area contributed by atoms with Crippen LogP contribution in [-0.4, -0.2) is 59.4 Å². The van der Waals surface area contributed by atoms with E-state index in [2.05, 4.69) is 53.2 Å². The number of nitrogens with one attached hydrogen (secondary N) is 1. The number of pyridine rings is 1. The van der Waals surface area contributed by atoms with E-state index in [0.717, 1.165) is 54.8 Å². The molecule has 1 heterocycles. The summed E-state index contributed by atoms with van der Waals surface area (Å²) in [6.45, 7) is 10.1. The Balaban J connectivity index is 0.000000707. The van der Waals surface area contributed by atoms with Gasteiger partial charge in [-0.1, -0.05) is 44.5 Å². The minimum Gasteiger partial charge on any atom is -0.399 e. The van der Waals surface area contributed by atoms with Gasteiger partial charge in [-0.2, -0.15) is 0 Å². The van der Waals surface area contributed by atoms with Crippen LogP contribution in [-0.2, 0) is 11.2 Å². The number of carbonyl (C=O) groups is 2. The second kappa shape index (κ2) is 22.3. The van der Waals surface area contributed by atoms with Crippen molar-refractivity contribution in [1.82, 2.24) is 14.6 Å². The van der Waals surface area contributed by atoms with E-state index in [1.54, 1.807) is 24.2 Å². The zero-order chi connectivity index (χ0) is 32.0. The smallest absolute Gasteiger partial charge is 0.220 e. The van der Waals surface area contributed by atoms with E-state index in [0.29, 0.717) is 24.4 Å². The van der Waals surface area contributed by atoms with Gasteiger partial charge in [0.05, 0.1) is 6.61 Å². The van der Waals surface area contributed by atoms with E-state index in [4.69, 9.17) is 5.73 Å². The van der Waals surface area contributed by atoms with Gasteiger partial charge < -0.3 is 21.9 Å². The van der Waals surface area contributed by atoms with Crippen LogP contribution in [0.3, 0.4) is 0 Å². The molecule has 0 bridgehead atoms. The highest BCUT2D eigenvalue weighted by Crippen LogP contribution is 2.28. The maximum Gasteiger partial charge on any atom is 0.220 e. The third-order valence-corrected chi connectivity index (χ3v) is 7.67. The number of nitrogens with zero attached hydrogens (tertiary/aromatic N) is 2. The van der Waals surface area contributed by atoms with Gasteiger partial charge in [0.1, 0.15) is 0 Å². The van der Waals surface area contributed by atoms with Crippen LogP contribution < -0.4 is 16.8 Å². The molecule has 236 valence electrons. The van der Waals surface area contributed by atoms with Gasteiger partial charge in [-0.15, -0.1) is 0 Å². The number of aliphatic hydroxyl groups is 1. The highest BCUT2D eigenvalue weighted by Gasteiger charge is 2.20. The van der Waals surface area contributed by atoms with Gasteiger partial charge in [0.25, 0.3) is 0 Å². The molecule has 3 aromatic rings. The number of hydrogen-bond acceptors (Lipinski definition) is 8. The molecule has 0 fully saturated rings. The zero-order valence-corrected chi connectivity index (χ0v) is 27.3. The topological polar surface area (TPSA) is 135 Å². The molecular weight excluding hydrogens is 558 g/mol. The van der Waals surface area contributed by atoms with Crippen molar-refractivity contribution in [3.05, 3.63) is 89.2 Å². The summed E-state index contributed by atoms with van der Waals surface area (Å²) in [6, 6.07) is 19.7. The molecule has 1 aromatic heterocycles. The van der Waals surface area contributed by atoms with Gasteiger partial charge in [-0.25, -0.2) is 4.31 Å². The molecule has 9 heteroatoms. The average Bonchev–Trinajstić information content (AvgIpc) is 3.01. The lowest BCUT2D eigenvalue weighted by Crippen LogP contribution is -2.35. The van der Waals surface area contributed by atoms with Gasteiger partial charge in [0.2, 0.25) is 5.91 Å². The molecule has 3 rings (SSSR count). The Bertz CT molecular complexity index is 1170. The van der Waals surface area contributed by atoms with E-state index >= 15 is 0 Å². The first-order valence-corrected chi connectivity index (χ1v) is 15.7.